The number of amides is 1. The predicted molar refractivity (Wildman–Crippen MR) is 135 cm³/mol. The van der Waals surface area contributed by atoms with E-state index in [9.17, 15) is 27.6 Å². The Morgan fingerprint density at radius 3 is 2.16 bits per heavy atom. The summed E-state index contributed by atoms with van der Waals surface area (Å²) in [7, 11) is -2.73. The molecule has 0 saturated carbocycles. The van der Waals surface area contributed by atoms with Crippen molar-refractivity contribution in [1.29, 1.82) is 0 Å². The van der Waals surface area contributed by atoms with Crippen molar-refractivity contribution in [2.24, 2.45) is 0 Å². The number of halogens is 3. The SMILES string of the molecule is O=C1OS2(CN(CCCCN3CCN(c4cccc(C(F)(F)F)c4)CC3)C(=O)C2c2ccccc2)OC1=O. The lowest BCUT2D eigenvalue weighted by atomic mass is 10.1. The minimum Gasteiger partial charge on any atom is -0.369 e. The van der Waals surface area contributed by atoms with Crippen molar-refractivity contribution < 1.29 is 35.9 Å². The van der Waals surface area contributed by atoms with Crippen LogP contribution in [0.1, 0.15) is 29.2 Å². The predicted octanol–water partition coefficient (Wildman–Crippen LogP) is 3.88. The zero-order chi connectivity index (χ0) is 26.9. The quantitative estimate of drug-likeness (QED) is 0.382. The van der Waals surface area contributed by atoms with E-state index in [4.69, 9.17) is 8.37 Å². The summed E-state index contributed by atoms with van der Waals surface area (Å²) in [4.78, 5) is 42.9. The first-order chi connectivity index (χ1) is 18.2. The molecule has 0 N–H and O–H groups in total. The highest BCUT2D eigenvalue weighted by Crippen LogP contribution is 2.69. The number of unbranched alkanes of at least 4 members (excludes halogenated alkanes) is 1. The summed E-state index contributed by atoms with van der Waals surface area (Å²) in [5.41, 5.74) is 0.579. The molecule has 1 spiro atoms. The largest absolute Gasteiger partial charge is 0.441 e. The van der Waals surface area contributed by atoms with Crippen LogP contribution in [0.4, 0.5) is 18.9 Å². The van der Waals surface area contributed by atoms with Gasteiger partial charge in [-0.25, -0.2) is 9.59 Å². The summed E-state index contributed by atoms with van der Waals surface area (Å²) in [5.74, 6) is -2.26. The van der Waals surface area contributed by atoms with Gasteiger partial charge in [0.2, 0.25) is 0 Å². The lowest BCUT2D eigenvalue weighted by Crippen LogP contribution is -2.46. The van der Waals surface area contributed by atoms with Gasteiger partial charge in [-0.1, -0.05) is 47.0 Å². The number of alkyl halides is 3. The molecule has 8 nitrogen and oxygen atoms in total. The van der Waals surface area contributed by atoms with Gasteiger partial charge in [0.25, 0.3) is 5.91 Å². The van der Waals surface area contributed by atoms with Gasteiger partial charge < -0.3 is 18.2 Å². The minimum absolute atomic E-state index is 0.0680. The number of anilines is 1. The lowest BCUT2D eigenvalue weighted by Gasteiger charge is -2.36. The van der Waals surface area contributed by atoms with E-state index in [2.05, 4.69) is 4.90 Å². The molecule has 3 aliphatic rings. The Balaban J connectivity index is 1.12. The van der Waals surface area contributed by atoms with E-state index in [0.717, 1.165) is 32.1 Å². The topological polar surface area (TPSA) is 79.4 Å². The molecule has 3 saturated heterocycles. The number of carbonyl (C=O) groups excluding carboxylic acids is 3. The van der Waals surface area contributed by atoms with E-state index >= 15 is 0 Å². The third-order valence-corrected chi connectivity index (χ3v) is 9.73. The van der Waals surface area contributed by atoms with Crippen LogP contribution in [0.15, 0.2) is 54.6 Å². The monoisotopic (exact) mass is 551 g/mol. The summed E-state index contributed by atoms with van der Waals surface area (Å²) in [6.07, 6.45) is -2.85. The van der Waals surface area contributed by atoms with Crippen molar-refractivity contribution in [3.63, 3.8) is 0 Å². The van der Waals surface area contributed by atoms with Gasteiger partial charge in [0.15, 0.2) is 5.25 Å². The molecule has 2 aromatic rings. The van der Waals surface area contributed by atoms with Crippen LogP contribution >= 0.6 is 10.6 Å². The second-order valence-electron chi connectivity index (χ2n) is 9.51. The summed E-state index contributed by atoms with van der Waals surface area (Å²) < 4.78 is 49.9. The summed E-state index contributed by atoms with van der Waals surface area (Å²) in [6, 6.07) is 14.3. The van der Waals surface area contributed by atoms with E-state index in [0.29, 0.717) is 37.3 Å². The van der Waals surface area contributed by atoms with Crippen molar-refractivity contribution in [2.45, 2.75) is 24.3 Å². The van der Waals surface area contributed by atoms with Crippen molar-refractivity contribution in [3.05, 3.63) is 65.7 Å². The van der Waals surface area contributed by atoms with Gasteiger partial charge in [-0.15, -0.1) is 0 Å². The number of carbonyl (C=O) groups is 3. The molecule has 1 amide bonds. The molecule has 38 heavy (non-hydrogen) atoms. The highest BCUT2D eigenvalue weighted by molar-refractivity contribution is 8.27. The Morgan fingerprint density at radius 1 is 0.842 bits per heavy atom. The molecule has 12 heteroatoms. The third kappa shape index (κ3) is 5.32. The maximum absolute atomic E-state index is 13.3. The molecule has 204 valence electrons. The Kier molecular flexibility index (Phi) is 7.28. The van der Waals surface area contributed by atoms with Gasteiger partial charge in [-0.2, -0.15) is 13.2 Å². The smallest absolute Gasteiger partial charge is 0.369 e. The molecule has 3 heterocycles. The summed E-state index contributed by atoms with van der Waals surface area (Å²) >= 11 is 0. The van der Waals surface area contributed by atoms with Gasteiger partial charge >= 0.3 is 18.1 Å². The standard InChI is InChI=1S/C26H28F3N3O5S/c27-26(28,29)20-9-6-10-21(17-20)31-15-13-30(14-16-31)11-4-5-12-32-18-38(36-24(34)25(35)37-38)22(23(32)33)19-7-2-1-3-8-19/h1-3,6-10,17,22H,4-5,11-16,18H2. The van der Waals surface area contributed by atoms with Crippen LogP contribution in [0.2, 0.25) is 0 Å². The number of rotatable bonds is 7. The van der Waals surface area contributed by atoms with Crippen LogP contribution in [-0.4, -0.2) is 72.8 Å². The van der Waals surface area contributed by atoms with Gasteiger partial charge in [0.1, 0.15) is 5.88 Å². The van der Waals surface area contributed by atoms with Gasteiger partial charge in [-0.3, -0.25) is 9.69 Å². The van der Waals surface area contributed by atoms with Crippen LogP contribution < -0.4 is 4.90 Å². The van der Waals surface area contributed by atoms with Gasteiger partial charge in [-0.05, 0) is 43.1 Å². The third-order valence-electron chi connectivity index (χ3n) is 7.00. The Bertz CT molecular complexity index is 1190. The lowest BCUT2D eigenvalue weighted by molar-refractivity contribution is -0.150. The first kappa shape index (κ1) is 26.4. The fourth-order valence-electron chi connectivity index (χ4n) is 5.06. The van der Waals surface area contributed by atoms with Crippen LogP contribution in [0.25, 0.3) is 0 Å². The summed E-state index contributed by atoms with van der Waals surface area (Å²) in [5, 5.41) is -0.831. The molecule has 3 aliphatic heterocycles. The van der Waals surface area contributed by atoms with E-state index in [1.165, 1.54) is 12.1 Å². The molecule has 0 aromatic heterocycles. The fraction of sp³-hybridized carbons (Fsp3) is 0.423. The van der Waals surface area contributed by atoms with Crippen LogP contribution in [0.5, 0.6) is 0 Å². The Morgan fingerprint density at radius 2 is 1.50 bits per heavy atom. The van der Waals surface area contributed by atoms with Crippen molar-refractivity contribution in [3.8, 4) is 0 Å². The van der Waals surface area contributed by atoms with Crippen LogP contribution in [0.3, 0.4) is 0 Å². The highest BCUT2D eigenvalue weighted by atomic mass is 32.3. The minimum atomic E-state index is -4.36. The Labute approximate surface area is 220 Å². The normalized spacial score (nSPS) is 22.6. The highest BCUT2D eigenvalue weighted by Gasteiger charge is 2.57. The number of hydrogen-bond acceptors (Lipinski definition) is 7. The molecular formula is C26H28F3N3O5S. The Hall–Kier alpha value is -3.25. The van der Waals surface area contributed by atoms with Crippen molar-refractivity contribution in [1.82, 2.24) is 9.80 Å². The summed E-state index contributed by atoms with van der Waals surface area (Å²) in [6.45, 7) is 3.96. The molecule has 1 atom stereocenters. The van der Waals surface area contributed by atoms with E-state index in [-0.39, 0.29) is 11.8 Å². The average molecular weight is 552 g/mol. The van der Waals surface area contributed by atoms with E-state index in [1.807, 2.05) is 11.0 Å². The second-order valence-corrected chi connectivity index (χ2v) is 11.9. The molecule has 3 fully saturated rings. The van der Waals surface area contributed by atoms with E-state index in [1.54, 1.807) is 35.2 Å². The molecule has 0 radical (unpaired) electrons. The van der Waals surface area contributed by atoms with Gasteiger partial charge in [0.05, 0.1) is 5.56 Å². The van der Waals surface area contributed by atoms with Crippen LogP contribution in [-0.2, 0) is 28.9 Å². The number of hydrogen-bond donors (Lipinski definition) is 0. The van der Waals surface area contributed by atoms with Gasteiger partial charge in [0, 0.05) is 38.4 Å². The number of piperazine rings is 1. The molecular weight excluding hydrogens is 523 g/mol. The maximum Gasteiger partial charge on any atom is 0.441 e. The maximum atomic E-state index is 13.3. The zero-order valence-electron chi connectivity index (χ0n) is 20.6. The number of benzene rings is 2. The second kappa shape index (κ2) is 10.5. The molecule has 0 bridgehead atoms. The fourth-order valence-corrected chi connectivity index (χ4v) is 7.91. The molecule has 1 unspecified atom stereocenters. The first-order valence-corrected chi connectivity index (χ1v) is 14.1. The molecule has 5 rings (SSSR count). The van der Waals surface area contributed by atoms with Crippen LogP contribution in [0, 0.1) is 0 Å². The average Bonchev–Trinajstić information content (AvgIpc) is 3.34. The molecule has 0 aliphatic carbocycles. The number of nitrogens with zero attached hydrogens (tertiary/aromatic N) is 3. The van der Waals surface area contributed by atoms with Crippen molar-refractivity contribution >= 4 is 34.1 Å². The zero-order valence-corrected chi connectivity index (χ0v) is 21.4. The van der Waals surface area contributed by atoms with E-state index < -0.39 is 39.5 Å². The molecule has 2 aromatic carbocycles. The first-order valence-electron chi connectivity index (χ1n) is 12.4. The van der Waals surface area contributed by atoms with Crippen molar-refractivity contribution in [2.75, 3.05) is 50.0 Å².